The summed E-state index contributed by atoms with van der Waals surface area (Å²) in [5.41, 5.74) is 4.59. The lowest BCUT2D eigenvalue weighted by atomic mass is 10.1. The van der Waals surface area contributed by atoms with Gasteiger partial charge in [-0.05, 0) is 44.9 Å². The zero-order valence-corrected chi connectivity index (χ0v) is 9.27. The van der Waals surface area contributed by atoms with Crippen molar-refractivity contribution in [2.75, 3.05) is 13.6 Å². The van der Waals surface area contributed by atoms with Crippen LogP contribution in [0.15, 0.2) is 6.07 Å². The third-order valence-electron chi connectivity index (χ3n) is 3.19. The Kier molecular flexibility index (Phi) is 2.92. The Balaban J connectivity index is 2.24. The maximum atomic E-state index is 3.23. The first-order valence-electron chi connectivity index (χ1n) is 5.65. The number of nitrogens with one attached hydrogen (secondary N) is 1. The van der Waals surface area contributed by atoms with E-state index in [0.717, 1.165) is 6.54 Å². The first-order valence-corrected chi connectivity index (χ1v) is 5.65. The summed E-state index contributed by atoms with van der Waals surface area (Å²) in [5.74, 6) is 0. The average molecular weight is 192 g/mol. The van der Waals surface area contributed by atoms with Gasteiger partial charge in [0.05, 0.1) is 0 Å². The highest BCUT2D eigenvalue weighted by Gasteiger charge is 2.14. The van der Waals surface area contributed by atoms with Crippen molar-refractivity contribution in [2.45, 2.75) is 39.2 Å². The largest absolute Gasteiger partial charge is 0.348 e. The molecule has 2 heteroatoms. The van der Waals surface area contributed by atoms with Crippen molar-refractivity contribution in [1.29, 1.82) is 0 Å². The van der Waals surface area contributed by atoms with Gasteiger partial charge in [-0.1, -0.05) is 0 Å². The molecule has 1 aromatic rings. The quantitative estimate of drug-likeness (QED) is 0.774. The lowest BCUT2D eigenvalue weighted by molar-refractivity contribution is 0.514. The van der Waals surface area contributed by atoms with E-state index in [2.05, 4.69) is 22.9 Å². The Bertz CT molecular complexity index is 312. The monoisotopic (exact) mass is 192 g/mol. The molecule has 2 heterocycles. The molecule has 14 heavy (non-hydrogen) atoms. The number of nitrogens with zero attached hydrogens (tertiary/aromatic N) is 1. The lowest BCUT2D eigenvalue weighted by Crippen LogP contribution is -2.17. The van der Waals surface area contributed by atoms with Gasteiger partial charge in [0.1, 0.15) is 0 Å². The van der Waals surface area contributed by atoms with E-state index in [9.17, 15) is 0 Å². The van der Waals surface area contributed by atoms with E-state index < -0.39 is 0 Å². The standard InChI is InChI=1S/C12H20N2/c1-10-9-11-5-3-4-8-14(11)12(10)6-7-13-2/h9,13H,3-8H2,1-2H3. The number of rotatable bonds is 3. The van der Waals surface area contributed by atoms with Gasteiger partial charge in [-0.2, -0.15) is 0 Å². The van der Waals surface area contributed by atoms with Gasteiger partial charge in [0.15, 0.2) is 0 Å². The normalized spacial score (nSPS) is 15.6. The number of hydrogen-bond acceptors (Lipinski definition) is 1. The first kappa shape index (κ1) is 9.78. The topological polar surface area (TPSA) is 17.0 Å². The molecule has 0 atom stereocenters. The van der Waals surface area contributed by atoms with E-state index in [1.54, 1.807) is 11.4 Å². The SMILES string of the molecule is CNCCc1c(C)cc2n1CCCC2. The zero-order chi connectivity index (χ0) is 9.97. The summed E-state index contributed by atoms with van der Waals surface area (Å²) < 4.78 is 2.54. The van der Waals surface area contributed by atoms with E-state index in [1.807, 2.05) is 7.05 Å². The molecule has 1 aliphatic heterocycles. The first-order chi connectivity index (χ1) is 6.83. The van der Waals surface area contributed by atoms with E-state index >= 15 is 0 Å². The number of aryl methyl sites for hydroxylation is 2. The average Bonchev–Trinajstić information content (AvgIpc) is 2.51. The Hall–Kier alpha value is -0.760. The van der Waals surface area contributed by atoms with Gasteiger partial charge in [0.25, 0.3) is 0 Å². The van der Waals surface area contributed by atoms with Crippen molar-refractivity contribution in [3.05, 3.63) is 23.0 Å². The minimum atomic E-state index is 1.09. The second-order valence-corrected chi connectivity index (χ2v) is 4.23. The van der Waals surface area contributed by atoms with Gasteiger partial charge in [-0.25, -0.2) is 0 Å². The maximum absolute atomic E-state index is 3.23. The lowest BCUT2D eigenvalue weighted by Gasteiger charge is -2.18. The number of hydrogen-bond donors (Lipinski definition) is 1. The van der Waals surface area contributed by atoms with Crippen molar-refractivity contribution >= 4 is 0 Å². The van der Waals surface area contributed by atoms with Gasteiger partial charge in [0.2, 0.25) is 0 Å². The van der Waals surface area contributed by atoms with Crippen molar-refractivity contribution in [3.8, 4) is 0 Å². The highest BCUT2D eigenvalue weighted by Crippen LogP contribution is 2.22. The fourth-order valence-electron chi connectivity index (χ4n) is 2.43. The van der Waals surface area contributed by atoms with Crippen LogP contribution in [0.5, 0.6) is 0 Å². The van der Waals surface area contributed by atoms with Crippen molar-refractivity contribution < 1.29 is 0 Å². The summed E-state index contributed by atoms with van der Waals surface area (Å²) in [6.45, 7) is 4.57. The van der Waals surface area contributed by atoms with E-state index in [-0.39, 0.29) is 0 Å². The van der Waals surface area contributed by atoms with Gasteiger partial charge >= 0.3 is 0 Å². The van der Waals surface area contributed by atoms with Crippen LogP contribution in [0.1, 0.15) is 29.8 Å². The van der Waals surface area contributed by atoms with Crippen molar-refractivity contribution in [3.63, 3.8) is 0 Å². The molecule has 0 unspecified atom stereocenters. The molecule has 1 N–H and O–H groups in total. The zero-order valence-electron chi connectivity index (χ0n) is 9.27. The summed E-state index contributed by atoms with van der Waals surface area (Å²) in [7, 11) is 2.02. The van der Waals surface area contributed by atoms with Crippen LogP contribution in [0, 0.1) is 6.92 Å². The molecule has 2 rings (SSSR count). The van der Waals surface area contributed by atoms with Crippen LogP contribution in [-0.2, 0) is 19.4 Å². The fraction of sp³-hybridized carbons (Fsp3) is 0.667. The molecule has 78 valence electrons. The van der Waals surface area contributed by atoms with Crippen LogP contribution in [0.25, 0.3) is 0 Å². The van der Waals surface area contributed by atoms with Gasteiger partial charge in [-0.3, -0.25) is 0 Å². The predicted octanol–water partition coefficient (Wildman–Crippen LogP) is 1.89. The fourth-order valence-corrected chi connectivity index (χ4v) is 2.43. The molecule has 0 amide bonds. The summed E-state index contributed by atoms with van der Waals surface area (Å²) in [6, 6.07) is 2.38. The molecule has 0 saturated heterocycles. The van der Waals surface area contributed by atoms with Gasteiger partial charge in [-0.15, -0.1) is 0 Å². The molecule has 0 bridgehead atoms. The Morgan fingerprint density at radius 1 is 1.43 bits per heavy atom. The van der Waals surface area contributed by atoms with Crippen LogP contribution in [0.2, 0.25) is 0 Å². The summed E-state index contributed by atoms with van der Waals surface area (Å²) in [4.78, 5) is 0. The van der Waals surface area contributed by atoms with Crippen LogP contribution < -0.4 is 5.32 Å². The summed E-state index contributed by atoms with van der Waals surface area (Å²) >= 11 is 0. The van der Waals surface area contributed by atoms with Crippen LogP contribution in [0.3, 0.4) is 0 Å². The van der Waals surface area contributed by atoms with Crippen LogP contribution in [-0.4, -0.2) is 18.2 Å². The molecule has 0 spiro atoms. The maximum Gasteiger partial charge on any atom is 0.0225 e. The highest BCUT2D eigenvalue weighted by molar-refractivity contribution is 5.28. The summed E-state index contributed by atoms with van der Waals surface area (Å²) in [5, 5.41) is 3.23. The Morgan fingerprint density at radius 2 is 2.29 bits per heavy atom. The third-order valence-corrected chi connectivity index (χ3v) is 3.19. The second-order valence-electron chi connectivity index (χ2n) is 4.23. The van der Waals surface area contributed by atoms with Crippen molar-refractivity contribution in [1.82, 2.24) is 9.88 Å². The Labute approximate surface area is 86.3 Å². The molecule has 0 saturated carbocycles. The van der Waals surface area contributed by atoms with E-state index in [0.29, 0.717) is 0 Å². The van der Waals surface area contributed by atoms with Crippen LogP contribution in [0.4, 0.5) is 0 Å². The number of likely N-dealkylation sites (N-methyl/N-ethyl adjacent to an activating group) is 1. The number of aromatic nitrogens is 1. The smallest absolute Gasteiger partial charge is 0.0225 e. The third kappa shape index (κ3) is 1.71. The molecule has 0 aromatic carbocycles. The molecular formula is C12H20N2. The molecule has 0 aliphatic carbocycles. The molecule has 1 aromatic heterocycles. The predicted molar refractivity (Wildman–Crippen MR) is 59.7 cm³/mol. The minimum absolute atomic E-state index is 1.09. The highest BCUT2D eigenvalue weighted by atomic mass is 15.0. The van der Waals surface area contributed by atoms with Gasteiger partial charge < -0.3 is 9.88 Å². The molecular weight excluding hydrogens is 172 g/mol. The van der Waals surface area contributed by atoms with Crippen molar-refractivity contribution in [2.24, 2.45) is 0 Å². The minimum Gasteiger partial charge on any atom is -0.348 e. The van der Waals surface area contributed by atoms with E-state index in [1.165, 1.54) is 37.8 Å². The molecule has 2 nitrogen and oxygen atoms in total. The summed E-state index contributed by atoms with van der Waals surface area (Å²) in [6.07, 6.45) is 5.17. The number of fused-ring (bicyclic) bond motifs is 1. The van der Waals surface area contributed by atoms with E-state index in [4.69, 9.17) is 0 Å². The van der Waals surface area contributed by atoms with Crippen LogP contribution >= 0.6 is 0 Å². The molecule has 0 radical (unpaired) electrons. The second kappa shape index (κ2) is 4.18. The molecule has 1 aliphatic rings. The molecule has 0 fully saturated rings. The Morgan fingerprint density at radius 3 is 3.07 bits per heavy atom. The van der Waals surface area contributed by atoms with Gasteiger partial charge in [0, 0.05) is 30.9 Å².